The van der Waals surface area contributed by atoms with Crippen molar-refractivity contribution in [1.29, 1.82) is 0 Å². The molecule has 4 heterocycles. The first kappa shape index (κ1) is 28.4. The standard InChI is InChI=1S/C34H40N6O/c1-4-39(34(41)18-24-40-27(3)36-32-25-35-19-16-33(32)40)22-8-10-29-9-7-11-31(37-29)30(17-23-38-20-5-6-21-38)28-14-12-26(2)13-15-28/h7-17,19,25H,4-6,18,20-24H2,1-3H3/b10-8+,30-17+. The van der Waals surface area contributed by atoms with Crippen LogP contribution in [-0.4, -0.2) is 67.9 Å². The fourth-order valence-electron chi connectivity index (χ4n) is 5.44. The second kappa shape index (κ2) is 13.5. The molecule has 0 radical (unpaired) electrons. The number of imidazole rings is 1. The van der Waals surface area contributed by atoms with E-state index in [2.05, 4.69) is 68.8 Å². The van der Waals surface area contributed by atoms with E-state index in [0.717, 1.165) is 53.5 Å². The van der Waals surface area contributed by atoms with Crippen LogP contribution in [0.15, 0.2) is 73.1 Å². The molecule has 0 aliphatic carbocycles. The first-order valence-electron chi connectivity index (χ1n) is 14.7. The van der Waals surface area contributed by atoms with Gasteiger partial charge in [-0.3, -0.25) is 14.7 Å². The highest BCUT2D eigenvalue weighted by atomic mass is 16.2. The topological polar surface area (TPSA) is 67.2 Å². The molecule has 7 heteroatoms. The first-order chi connectivity index (χ1) is 20.0. The number of likely N-dealkylation sites (N-methyl/N-ethyl adjacent to an activating group) is 1. The summed E-state index contributed by atoms with van der Waals surface area (Å²) in [5.41, 5.74) is 7.32. The van der Waals surface area contributed by atoms with E-state index in [1.165, 1.54) is 24.0 Å². The highest BCUT2D eigenvalue weighted by Gasteiger charge is 2.14. The molecule has 0 atom stereocenters. The van der Waals surface area contributed by atoms with E-state index in [9.17, 15) is 4.79 Å². The minimum atomic E-state index is 0.126. The van der Waals surface area contributed by atoms with Crippen LogP contribution in [0.4, 0.5) is 0 Å². The van der Waals surface area contributed by atoms with Crippen LogP contribution in [0.1, 0.15) is 54.5 Å². The van der Waals surface area contributed by atoms with Crippen molar-refractivity contribution in [3.8, 4) is 0 Å². The number of benzene rings is 1. The molecule has 1 saturated heterocycles. The lowest BCUT2D eigenvalue weighted by atomic mass is 10.00. The SMILES string of the molecule is CCN(C/C=C/c1cccc(/C(=C/CN2CCCC2)c2ccc(C)cc2)n1)C(=O)CCn1c(C)nc2cnccc21. The number of rotatable bonds is 11. The predicted octanol–water partition coefficient (Wildman–Crippen LogP) is 5.92. The van der Waals surface area contributed by atoms with Gasteiger partial charge in [-0.2, -0.15) is 0 Å². The van der Waals surface area contributed by atoms with Crippen LogP contribution in [0.5, 0.6) is 0 Å². The molecule has 0 bridgehead atoms. The third kappa shape index (κ3) is 7.16. The van der Waals surface area contributed by atoms with Gasteiger partial charge in [0.15, 0.2) is 0 Å². The molecule has 1 aliphatic rings. The summed E-state index contributed by atoms with van der Waals surface area (Å²) in [4.78, 5) is 31.2. The summed E-state index contributed by atoms with van der Waals surface area (Å²) in [6, 6.07) is 16.8. The maximum Gasteiger partial charge on any atom is 0.224 e. The van der Waals surface area contributed by atoms with Crippen molar-refractivity contribution in [2.75, 3.05) is 32.7 Å². The highest BCUT2D eigenvalue weighted by Crippen LogP contribution is 2.24. The Morgan fingerprint density at radius 1 is 1.02 bits per heavy atom. The average Bonchev–Trinajstić information content (AvgIpc) is 3.62. The van der Waals surface area contributed by atoms with Crippen LogP contribution >= 0.6 is 0 Å². The number of aryl methyl sites for hydroxylation is 3. The van der Waals surface area contributed by atoms with Gasteiger partial charge >= 0.3 is 0 Å². The Hall–Kier alpha value is -4.10. The number of carbonyl (C=O) groups excluding carboxylic acids is 1. The highest BCUT2D eigenvalue weighted by molar-refractivity contribution is 5.79. The van der Waals surface area contributed by atoms with E-state index in [1.54, 1.807) is 12.4 Å². The maximum absolute atomic E-state index is 13.1. The van der Waals surface area contributed by atoms with Gasteiger partial charge in [-0.15, -0.1) is 0 Å². The van der Waals surface area contributed by atoms with E-state index in [0.29, 0.717) is 26.1 Å². The first-order valence-corrected chi connectivity index (χ1v) is 14.7. The summed E-state index contributed by atoms with van der Waals surface area (Å²) in [5, 5.41) is 0. The van der Waals surface area contributed by atoms with E-state index in [-0.39, 0.29) is 5.91 Å². The lowest BCUT2D eigenvalue weighted by molar-refractivity contribution is -0.130. The van der Waals surface area contributed by atoms with E-state index >= 15 is 0 Å². The number of pyridine rings is 2. The van der Waals surface area contributed by atoms with Gasteiger partial charge in [0.25, 0.3) is 0 Å². The van der Waals surface area contributed by atoms with Gasteiger partial charge in [-0.25, -0.2) is 9.97 Å². The molecule has 3 aromatic heterocycles. The summed E-state index contributed by atoms with van der Waals surface area (Å²) < 4.78 is 2.09. The molecule has 1 amide bonds. The number of aromatic nitrogens is 4. The maximum atomic E-state index is 13.1. The van der Waals surface area contributed by atoms with Crippen LogP contribution in [-0.2, 0) is 11.3 Å². The van der Waals surface area contributed by atoms with Crippen molar-refractivity contribution in [3.05, 3.63) is 101 Å². The molecule has 212 valence electrons. The number of carbonyl (C=O) groups is 1. The van der Waals surface area contributed by atoms with Crippen LogP contribution in [0.3, 0.4) is 0 Å². The molecule has 7 nitrogen and oxygen atoms in total. The zero-order valence-corrected chi connectivity index (χ0v) is 24.5. The minimum Gasteiger partial charge on any atom is -0.339 e. The number of hydrogen-bond acceptors (Lipinski definition) is 5. The van der Waals surface area contributed by atoms with Crippen molar-refractivity contribution < 1.29 is 4.79 Å². The third-order valence-electron chi connectivity index (χ3n) is 7.80. The van der Waals surface area contributed by atoms with Crippen molar-refractivity contribution in [2.45, 2.75) is 46.6 Å². The number of hydrogen-bond donors (Lipinski definition) is 0. The molecule has 41 heavy (non-hydrogen) atoms. The van der Waals surface area contributed by atoms with Gasteiger partial charge in [0, 0.05) is 44.4 Å². The summed E-state index contributed by atoms with van der Waals surface area (Å²) in [6.07, 6.45) is 12.9. The van der Waals surface area contributed by atoms with Crippen molar-refractivity contribution >= 4 is 28.6 Å². The second-order valence-electron chi connectivity index (χ2n) is 10.7. The molecular weight excluding hydrogens is 508 g/mol. The van der Waals surface area contributed by atoms with Gasteiger partial charge in [0.2, 0.25) is 5.91 Å². The smallest absolute Gasteiger partial charge is 0.224 e. The fourth-order valence-corrected chi connectivity index (χ4v) is 5.44. The van der Waals surface area contributed by atoms with Gasteiger partial charge < -0.3 is 9.47 Å². The minimum absolute atomic E-state index is 0.126. The monoisotopic (exact) mass is 548 g/mol. The fraction of sp³-hybridized carbons (Fsp3) is 0.353. The molecule has 0 saturated carbocycles. The molecule has 0 N–H and O–H groups in total. The molecule has 1 aliphatic heterocycles. The van der Waals surface area contributed by atoms with Crippen LogP contribution in [0.2, 0.25) is 0 Å². The Kier molecular flexibility index (Phi) is 9.36. The van der Waals surface area contributed by atoms with Crippen molar-refractivity contribution in [1.82, 2.24) is 29.3 Å². The molecule has 1 aromatic carbocycles. The largest absolute Gasteiger partial charge is 0.339 e. The van der Waals surface area contributed by atoms with E-state index in [1.807, 2.05) is 43.0 Å². The number of likely N-dealkylation sites (tertiary alicyclic amines) is 1. The Morgan fingerprint density at radius 2 is 1.83 bits per heavy atom. The quantitative estimate of drug-likeness (QED) is 0.233. The summed E-state index contributed by atoms with van der Waals surface area (Å²) in [7, 11) is 0. The van der Waals surface area contributed by atoms with Crippen molar-refractivity contribution in [3.63, 3.8) is 0 Å². The Labute approximate surface area is 243 Å². The summed E-state index contributed by atoms with van der Waals surface area (Å²) in [5.74, 6) is 1.02. The van der Waals surface area contributed by atoms with Gasteiger partial charge in [0.1, 0.15) is 11.3 Å². The normalized spacial score (nSPS) is 14.4. The Morgan fingerprint density at radius 3 is 2.61 bits per heavy atom. The van der Waals surface area contributed by atoms with Gasteiger partial charge in [-0.05, 0) is 76.5 Å². The molecule has 5 rings (SSSR count). The van der Waals surface area contributed by atoms with Crippen LogP contribution in [0.25, 0.3) is 22.7 Å². The number of amides is 1. The second-order valence-corrected chi connectivity index (χ2v) is 10.7. The lowest BCUT2D eigenvalue weighted by Gasteiger charge is -2.19. The molecule has 0 unspecified atom stereocenters. The number of fused-ring (bicyclic) bond motifs is 1. The van der Waals surface area contributed by atoms with E-state index < -0.39 is 0 Å². The molecule has 0 spiro atoms. The van der Waals surface area contributed by atoms with Gasteiger partial charge in [0.05, 0.1) is 23.1 Å². The van der Waals surface area contributed by atoms with Crippen LogP contribution < -0.4 is 0 Å². The van der Waals surface area contributed by atoms with Gasteiger partial charge in [-0.1, -0.05) is 48.0 Å². The molecule has 1 fully saturated rings. The summed E-state index contributed by atoms with van der Waals surface area (Å²) >= 11 is 0. The summed E-state index contributed by atoms with van der Waals surface area (Å²) in [6.45, 7) is 11.2. The van der Waals surface area contributed by atoms with Crippen LogP contribution in [0, 0.1) is 13.8 Å². The molecular formula is C34H40N6O. The Balaban J connectivity index is 1.25. The molecule has 4 aromatic rings. The zero-order valence-electron chi connectivity index (χ0n) is 24.5. The van der Waals surface area contributed by atoms with Crippen molar-refractivity contribution in [2.24, 2.45) is 0 Å². The lowest BCUT2D eigenvalue weighted by Crippen LogP contribution is -2.31. The zero-order chi connectivity index (χ0) is 28.6. The number of nitrogens with zero attached hydrogens (tertiary/aromatic N) is 6. The third-order valence-corrected chi connectivity index (χ3v) is 7.80. The average molecular weight is 549 g/mol. The Bertz CT molecular complexity index is 1530. The predicted molar refractivity (Wildman–Crippen MR) is 166 cm³/mol. The van der Waals surface area contributed by atoms with E-state index in [4.69, 9.17) is 4.98 Å².